The maximum Gasteiger partial charge on any atom is 0 e. The van der Waals surface area contributed by atoms with Crippen LogP contribution < -0.4 is 0 Å². The first-order valence-corrected chi connectivity index (χ1v) is 23.4. The summed E-state index contributed by atoms with van der Waals surface area (Å²) in [4.78, 5) is 0. The van der Waals surface area contributed by atoms with E-state index in [1.807, 2.05) is 0 Å². The minimum Gasteiger partial charge on any atom is 0 e. The van der Waals surface area contributed by atoms with E-state index in [0.717, 1.165) is 0 Å². The molecule has 0 spiro atoms. The van der Waals surface area contributed by atoms with Crippen LogP contribution in [-0.4, -0.2) is 67.5 Å². The van der Waals surface area contributed by atoms with Crippen molar-refractivity contribution in [3.8, 4) is 0 Å². The molecular formula is C9H27Ge3Sb. The van der Waals surface area contributed by atoms with Gasteiger partial charge in [0.2, 0.25) is 0 Å². The zero-order valence-corrected chi connectivity index (χ0v) is 19.8. The molecule has 0 fully saturated rings. The van der Waals surface area contributed by atoms with Crippen LogP contribution in [0, 0.1) is 0 Å². The standard InChI is InChI=1S/3C3H9Ge.Sb/c3*1-4(2)3;/h3*1-3H3;. The Labute approximate surface area is 118 Å². The molecule has 0 aromatic carbocycles. The van der Waals surface area contributed by atoms with Gasteiger partial charge >= 0.3 is 94.9 Å². The minimum atomic E-state index is -0.333. The fourth-order valence-electron chi connectivity index (χ4n) is 0. The van der Waals surface area contributed by atoms with Gasteiger partial charge in [-0.2, -0.15) is 0 Å². The van der Waals surface area contributed by atoms with E-state index in [1.54, 1.807) is 0 Å². The molecule has 0 aliphatic heterocycles. The fraction of sp³-hybridized carbons (Fsp3) is 1.00. The summed E-state index contributed by atoms with van der Waals surface area (Å²) >= 11 is -1.00. The van der Waals surface area contributed by atoms with Crippen molar-refractivity contribution in [3.05, 3.63) is 0 Å². The molecule has 4 heteroatoms. The molecule has 0 nitrogen and oxygen atoms in total. The predicted octanol–water partition coefficient (Wildman–Crippen LogP) is 3.73. The van der Waals surface area contributed by atoms with Crippen molar-refractivity contribution >= 4 is 67.5 Å². The van der Waals surface area contributed by atoms with Crippen molar-refractivity contribution in [1.29, 1.82) is 0 Å². The Balaban J connectivity index is -0.0000000450. The Morgan fingerprint density at radius 2 is 0.385 bits per heavy atom. The molecule has 0 unspecified atom stereocenters. The van der Waals surface area contributed by atoms with Crippen LogP contribution >= 0.6 is 0 Å². The van der Waals surface area contributed by atoms with Crippen LogP contribution in [0.3, 0.4) is 0 Å². The summed E-state index contributed by atoms with van der Waals surface area (Å²) in [6, 6.07) is 0. The van der Waals surface area contributed by atoms with Crippen molar-refractivity contribution < 1.29 is 0 Å². The zero-order chi connectivity index (χ0) is 10.7. The molecule has 0 bridgehead atoms. The van der Waals surface area contributed by atoms with Gasteiger partial charge in [0.1, 0.15) is 0 Å². The van der Waals surface area contributed by atoms with E-state index in [2.05, 4.69) is 51.8 Å². The van der Waals surface area contributed by atoms with E-state index in [1.165, 1.54) is 0 Å². The third-order valence-corrected chi connectivity index (χ3v) is 0. The third-order valence-electron chi connectivity index (χ3n) is 0. The molecule has 0 aromatic heterocycles. The maximum atomic E-state index is 2.33. The summed E-state index contributed by atoms with van der Waals surface area (Å²) in [6.07, 6.45) is 0. The summed E-state index contributed by atoms with van der Waals surface area (Å²) < 4.78 is 0. The van der Waals surface area contributed by atoms with Gasteiger partial charge in [-0.05, 0) is 0 Å². The molecule has 0 saturated carbocycles. The molecule has 6 radical (unpaired) electrons. The first kappa shape index (κ1) is 24.6. The summed E-state index contributed by atoms with van der Waals surface area (Å²) in [5, 5.41) is 0. The van der Waals surface area contributed by atoms with E-state index in [0.29, 0.717) is 0 Å². The molecule has 0 aliphatic carbocycles. The average molecular weight is 475 g/mol. The van der Waals surface area contributed by atoms with Crippen LogP contribution in [-0.2, 0) is 0 Å². The van der Waals surface area contributed by atoms with E-state index >= 15 is 0 Å². The number of hydrogen-bond acceptors (Lipinski definition) is 0. The van der Waals surface area contributed by atoms with Gasteiger partial charge in [-0.25, -0.2) is 0 Å². The minimum absolute atomic E-state index is 0. The van der Waals surface area contributed by atoms with E-state index in [4.69, 9.17) is 0 Å². The van der Waals surface area contributed by atoms with Gasteiger partial charge in [0.25, 0.3) is 0 Å². The van der Waals surface area contributed by atoms with Gasteiger partial charge in [-0.1, -0.05) is 0 Å². The second-order valence-corrected chi connectivity index (χ2v) is 23.4. The van der Waals surface area contributed by atoms with Crippen molar-refractivity contribution in [2.24, 2.45) is 0 Å². The van der Waals surface area contributed by atoms with Crippen LogP contribution in [0.15, 0.2) is 0 Å². The normalized spacial score (nSPS) is 8.31. The summed E-state index contributed by atoms with van der Waals surface area (Å²) in [6.45, 7) is 0. The van der Waals surface area contributed by atoms with Crippen molar-refractivity contribution in [2.75, 3.05) is 0 Å². The van der Waals surface area contributed by atoms with E-state index in [-0.39, 0.29) is 67.5 Å². The molecule has 0 rings (SSSR count). The van der Waals surface area contributed by atoms with Crippen LogP contribution in [0.4, 0.5) is 0 Å². The molecular weight excluding hydrogens is 448 g/mol. The number of hydrogen-bond donors (Lipinski definition) is 0. The SMILES string of the molecule is [CH3][Ge]([CH3])[CH3].[CH3][Ge]([CH3])[CH3].[CH3][Ge]([CH3])[CH3].[Sb]. The molecule has 0 atom stereocenters. The second-order valence-electron chi connectivity index (χ2n) is 4.50. The first-order valence-electron chi connectivity index (χ1n) is 4.50. The first-order chi connectivity index (χ1) is 5.20. The number of rotatable bonds is 0. The largest absolute Gasteiger partial charge is 0 e. The fourth-order valence-corrected chi connectivity index (χ4v) is 0. The molecule has 80 valence electrons. The van der Waals surface area contributed by atoms with Crippen molar-refractivity contribution in [2.45, 2.75) is 51.8 Å². The van der Waals surface area contributed by atoms with Crippen molar-refractivity contribution in [3.63, 3.8) is 0 Å². The summed E-state index contributed by atoms with van der Waals surface area (Å²) in [7, 11) is 0. The Morgan fingerprint density at radius 3 is 0.385 bits per heavy atom. The van der Waals surface area contributed by atoms with Gasteiger partial charge in [-0.15, -0.1) is 0 Å². The molecule has 0 amide bonds. The molecule has 0 aromatic rings. The van der Waals surface area contributed by atoms with Crippen LogP contribution in [0.5, 0.6) is 0 Å². The topological polar surface area (TPSA) is 0 Å². The molecule has 0 heterocycles. The quantitative estimate of drug-likeness (QED) is 0.469. The summed E-state index contributed by atoms with van der Waals surface area (Å²) in [5.41, 5.74) is 0. The predicted molar refractivity (Wildman–Crippen MR) is 75.8 cm³/mol. The maximum absolute atomic E-state index is 2.33. The van der Waals surface area contributed by atoms with Gasteiger partial charge in [0, 0.05) is 24.4 Å². The van der Waals surface area contributed by atoms with E-state index < -0.39 is 0 Å². The second kappa shape index (κ2) is 19.9. The average Bonchev–Trinajstić information content (AvgIpc) is 1.54. The molecule has 0 aliphatic rings. The molecule has 13 heavy (non-hydrogen) atoms. The van der Waals surface area contributed by atoms with Crippen molar-refractivity contribution in [1.82, 2.24) is 0 Å². The monoisotopic (exact) mass is 478 g/mol. The Kier molecular flexibility index (Phi) is 37.7. The van der Waals surface area contributed by atoms with Gasteiger partial charge in [0.15, 0.2) is 0 Å². The van der Waals surface area contributed by atoms with Gasteiger partial charge < -0.3 is 0 Å². The molecule has 0 saturated heterocycles. The Morgan fingerprint density at radius 1 is 0.385 bits per heavy atom. The summed E-state index contributed by atoms with van der Waals surface area (Å²) in [5.74, 6) is 21.0. The van der Waals surface area contributed by atoms with Gasteiger partial charge in [-0.3, -0.25) is 0 Å². The third kappa shape index (κ3) is 374. The van der Waals surface area contributed by atoms with Crippen LogP contribution in [0.25, 0.3) is 0 Å². The van der Waals surface area contributed by atoms with Crippen LogP contribution in [0.2, 0.25) is 51.8 Å². The molecule has 0 N–H and O–H groups in total. The van der Waals surface area contributed by atoms with Crippen LogP contribution in [0.1, 0.15) is 0 Å². The van der Waals surface area contributed by atoms with Gasteiger partial charge in [0.05, 0.1) is 0 Å². The Hall–Kier alpha value is 2.45. The smallest absolute Gasteiger partial charge is 0 e. The van der Waals surface area contributed by atoms with E-state index in [9.17, 15) is 0 Å². The Bertz CT molecular complexity index is 43.4. The zero-order valence-electron chi connectivity index (χ0n) is 10.9.